The number of hydrogen-bond acceptors (Lipinski definition) is 4. The molecular weight excluding hydrogens is 342 g/mol. The molecule has 1 aromatic carbocycles. The lowest BCUT2D eigenvalue weighted by Gasteiger charge is -2.25. The van der Waals surface area contributed by atoms with Gasteiger partial charge in [-0.1, -0.05) is 44.9 Å². The Morgan fingerprint density at radius 1 is 1.15 bits per heavy atom. The van der Waals surface area contributed by atoms with Crippen LogP contribution < -0.4 is 10.1 Å². The Morgan fingerprint density at radius 3 is 2.50 bits per heavy atom. The molecule has 1 aromatic heterocycles. The molecule has 3 nitrogen and oxygen atoms in total. The summed E-state index contributed by atoms with van der Waals surface area (Å²) in [6, 6.07) is 12.8. The van der Waals surface area contributed by atoms with Crippen molar-refractivity contribution in [3.05, 3.63) is 52.2 Å². The minimum absolute atomic E-state index is 0.315. The van der Waals surface area contributed by atoms with E-state index in [0.717, 1.165) is 5.75 Å². The molecule has 4 heteroatoms. The Morgan fingerprint density at radius 2 is 1.88 bits per heavy atom. The lowest BCUT2D eigenvalue weighted by atomic mass is 9.96. The van der Waals surface area contributed by atoms with Crippen molar-refractivity contribution in [2.45, 2.75) is 57.6 Å². The van der Waals surface area contributed by atoms with E-state index in [1.165, 1.54) is 36.1 Å². The van der Waals surface area contributed by atoms with Gasteiger partial charge >= 0.3 is 0 Å². The van der Waals surface area contributed by atoms with Gasteiger partial charge in [-0.3, -0.25) is 0 Å². The fourth-order valence-electron chi connectivity index (χ4n) is 3.72. The normalized spacial score (nSPS) is 17.5. The first kappa shape index (κ1) is 19.4. The molecule has 2 atom stereocenters. The summed E-state index contributed by atoms with van der Waals surface area (Å²) in [7, 11) is 0. The summed E-state index contributed by atoms with van der Waals surface area (Å²) in [5.41, 5.74) is 1.30. The van der Waals surface area contributed by atoms with Crippen LogP contribution in [0.1, 0.15) is 61.9 Å². The van der Waals surface area contributed by atoms with Gasteiger partial charge in [0.25, 0.3) is 0 Å². The Bertz CT molecular complexity index is 633. The molecule has 0 amide bonds. The second-order valence-corrected chi connectivity index (χ2v) is 8.61. The Kier molecular flexibility index (Phi) is 7.12. The summed E-state index contributed by atoms with van der Waals surface area (Å²) >= 11 is 1.81. The average molecular weight is 374 g/mol. The molecule has 1 heterocycles. The summed E-state index contributed by atoms with van der Waals surface area (Å²) in [5.74, 6) is 2.02. The second-order valence-electron chi connectivity index (χ2n) is 7.63. The molecule has 1 aliphatic rings. The molecule has 1 aliphatic carbocycles. The zero-order chi connectivity index (χ0) is 18.4. The van der Waals surface area contributed by atoms with Gasteiger partial charge in [0.1, 0.15) is 18.5 Å². The van der Waals surface area contributed by atoms with Crippen molar-refractivity contribution >= 4 is 11.3 Å². The third kappa shape index (κ3) is 5.32. The molecule has 0 spiro atoms. The predicted octanol–water partition coefficient (Wildman–Crippen LogP) is 5.13. The van der Waals surface area contributed by atoms with Crippen LogP contribution in [0.25, 0.3) is 0 Å². The monoisotopic (exact) mass is 373 g/mol. The van der Waals surface area contributed by atoms with Gasteiger partial charge in [0.05, 0.1) is 0 Å². The van der Waals surface area contributed by atoms with E-state index in [9.17, 15) is 5.11 Å². The van der Waals surface area contributed by atoms with Crippen molar-refractivity contribution in [1.29, 1.82) is 0 Å². The molecule has 3 rings (SSSR count). The molecule has 26 heavy (non-hydrogen) atoms. The van der Waals surface area contributed by atoms with Crippen LogP contribution in [0, 0.1) is 5.92 Å². The van der Waals surface area contributed by atoms with E-state index in [1.54, 1.807) is 0 Å². The van der Waals surface area contributed by atoms with Gasteiger partial charge in [-0.25, -0.2) is 0 Å². The number of thiophene rings is 1. The molecule has 0 aliphatic heterocycles. The number of aliphatic hydroxyl groups excluding tert-OH is 1. The fraction of sp³-hybridized carbons (Fsp3) is 0.545. The first-order valence-electron chi connectivity index (χ1n) is 9.81. The number of hydrogen-bond donors (Lipinski definition) is 2. The SMILES string of the molecule is CC(C)c1ccc(OCC(O)CNC(c2cccs2)C2CCCC2)cc1. The molecule has 0 radical (unpaired) electrons. The maximum Gasteiger partial charge on any atom is 0.119 e. The lowest BCUT2D eigenvalue weighted by molar-refractivity contribution is 0.101. The van der Waals surface area contributed by atoms with Crippen LogP contribution in [0.5, 0.6) is 5.75 Å². The van der Waals surface area contributed by atoms with Crippen LogP contribution in [-0.4, -0.2) is 24.4 Å². The second kappa shape index (κ2) is 9.54. The molecule has 0 saturated heterocycles. The van der Waals surface area contributed by atoms with Crippen molar-refractivity contribution in [2.24, 2.45) is 5.92 Å². The van der Waals surface area contributed by atoms with Gasteiger partial charge in [0, 0.05) is 17.5 Å². The Balaban J connectivity index is 1.48. The van der Waals surface area contributed by atoms with E-state index in [4.69, 9.17) is 4.74 Å². The Hall–Kier alpha value is -1.36. The summed E-state index contributed by atoms with van der Waals surface area (Å²) in [6.07, 6.45) is 4.70. The van der Waals surface area contributed by atoms with Crippen molar-refractivity contribution in [1.82, 2.24) is 5.32 Å². The van der Waals surface area contributed by atoms with Crippen LogP contribution in [0.4, 0.5) is 0 Å². The van der Waals surface area contributed by atoms with Crippen molar-refractivity contribution in [3.8, 4) is 5.75 Å². The standard InChI is InChI=1S/C22H31NO2S/c1-16(2)17-9-11-20(12-10-17)25-15-19(24)14-23-22(18-6-3-4-7-18)21-8-5-13-26-21/h5,8-13,16,18-19,22-24H,3-4,6-7,14-15H2,1-2H3. The minimum Gasteiger partial charge on any atom is -0.491 e. The highest BCUT2D eigenvalue weighted by molar-refractivity contribution is 7.10. The van der Waals surface area contributed by atoms with Gasteiger partial charge in [-0.05, 0) is 53.8 Å². The third-order valence-corrected chi connectivity index (χ3v) is 6.24. The number of aliphatic hydroxyl groups is 1. The molecule has 2 unspecified atom stereocenters. The highest BCUT2D eigenvalue weighted by atomic mass is 32.1. The fourth-order valence-corrected chi connectivity index (χ4v) is 4.62. The van der Waals surface area contributed by atoms with E-state index >= 15 is 0 Å². The van der Waals surface area contributed by atoms with E-state index in [-0.39, 0.29) is 0 Å². The smallest absolute Gasteiger partial charge is 0.119 e. The quantitative estimate of drug-likeness (QED) is 0.640. The highest BCUT2D eigenvalue weighted by Gasteiger charge is 2.27. The van der Waals surface area contributed by atoms with Gasteiger partial charge < -0.3 is 15.2 Å². The Labute approximate surface area is 161 Å². The van der Waals surface area contributed by atoms with Gasteiger partial charge in [-0.15, -0.1) is 11.3 Å². The average Bonchev–Trinajstić information content (AvgIpc) is 3.35. The van der Waals surface area contributed by atoms with Crippen LogP contribution >= 0.6 is 11.3 Å². The van der Waals surface area contributed by atoms with Gasteiger partial charge in [0.2, 0.25) is 0 Å². The molecular formula is C22H31NO2S. The van der Waals surface area contributed by atoms with Crippen LogP contribution in [0.3, 0.4) is 0 Å². The molecule has 2 aromatic rings. The predicted molar refractivity (Wildman–Crippen MR) is 109 cm³/mol. The highest BCUT2D eigenvalue weighted by Crippen LogP contribution is 2.37. The minimum atomic E-state index is -0.511. The van der Waals surface area contributed by atoms with Crippen LogP contribution in [0.15, 0.2) is 41.8 Å². The van der Waals surface area contributed by atoms with Crippen molar-refractivity contribution in [2.75, 3.05) is 13.2 Å². The van der Waals surface area contributed by atoms with E-state index < -0.39 is 6.10 Å². The summed E-state index contributed by atoms with van der Waals surface area (Å²) in [5, 5.41) is 16.1. The van der Waals surface area contributed by atoms with E-state index in [1.807, 2.05) is 23.5 Å². The number of ether oxygens (including phenoxy) is 1. The van der Waals surface area contributed by atoms with Crippen molar-refractivity contribution in [3.63, 3.8) is 0 Å². The summed E-state index contributed by atoms with van der Waals surface area (Å²) in [4.78, 5) is 1.38. The first-order chi connectivity index (χ1) is 12.6. The number of benzene rings is 1. The largest absolute Gasteiger partial charge is 0.491 e. The zero-order valence-corrected chi connectivity index (χ0v) is 16.7. The topological polar surface area (TPSA) is 41.5 Å². The zero-order valence-electron chi connectivity index (χ0n) is 15.9. The third-order valence-electron chi connectivity index (χ3n) is 5.28. The van der Waals surface area contributed by atoms with Crippen LogP contribution in [-0.2, 0) is 0 Å². The maximum absolute atomic E-state index is 10.4. The lowest BCUT2D eigenvalue weighted by Crippen LogP contribution is -2.36. The molecule has 1 fully saturated rings. The molecule has 0 bridgehead atoms. The number of rotatable bonds is 9. The van der Waals surface area contributed by atoms with Gasteiger partial charge in [0.15, 0.2) is 0 Å². The van der Waals surface area contributed by atoms with Crippen LogP contribution in [0.2, 0.25) is 0 Å². The summed E-state index contributed by atoms with van der Waals surface area (Å²) in [6.45, 7) is 5.23. The molecule has 2 N–H and O–H groups in total. The molecule has 1 saturated carbocycles. The number of nitrogens with one attached hydrogen (secondary N) is 1. The summed E-state index contributed by atoms with van der Waals surface area (Å²) < 4.78 is 5.76. The van der Waals surface area contributed by atoms with Gasteiger partial charge in [-0.2, -0.15) is 0 Å². The van der Waals surface area contributed by atoms with E-state index in [2.05, 4.69) is 48.8 Å². The molecule has 142 valence electrons. The maximum atomic E-state index is 10.4. The van der Waals surface area contributed by atoms with Crippen molar-refractivity contribution < 1.29 is 9.84 Å². The van der Waals surface area contributed by atoms with E-state index in [0.29, 0.717) is 31.0 Å². The first-order valence-corrected chi connectivity index (χ1v) is 10.7.